The van der Waals surface area contributed by atoms with E-state index in [2.05, 4.69) is 41.0 Å². The Balaban J connectivity index is 1.61. The van der Waals surface area contributed by atoms with Gasteiger partial charge < -0.3 is 29.7 Å². The van der Waals surface area contributed by atoms with Gasteiger partial charge in [-0.15, -0.1) is 0 Å². The number of rotatable bonds is 11. The van der Waals surface area contributed by atoms with Gasteiger partial charge in [-0.3, -0.25) is 9.59 Å². The van der Waals surface area contributed by atoms with Crippen LogP contribution in [-0.4, -0.2) is 91.6 Å². The molecule has 10 heteroatoms. The average Bonchev–Trinajstić information content (AvgIpc) is 3.51. The number of hydrogen-bond acceptors (Lipinski definition) is 8. The minimum Gasteiger partial charge on any atom is -0.495 e. The third-order valence-corrected chi connectivity index (χ3v) is 8.09. The average molecular weight is 552 g/mol. The highest BCUT2D eigenvalue weighted by molar-refractivity contribution is 5.96. The zero-order valence-corrected chi connectivity index (χ0v) is 24.8. The van der Waals surface area contributed by atoms with Gasteiger partial charge in [0, 0.05) is 57.8 Å². The van der Waals surface area contributed by atoms with Gasteiger partial charge in [-0.05, 0) is 51.4 Å². The third kappa shape index (κ3) is 6.83. The fraction of sp³-hybridized carbons (Fsp3) is 0.600. The van der Waals surface area contributed by atoms with Gasteiger partial charge in [0.1, 0.15) is 11.4 Å². The molecule has 10 nitrogen and oxygen atoms in total. The van der Waals surface area contributed by atoms with E-state index in [1.165, 1.54) is 12.8 Å². The van der Waals surface area contributed by atoms with E-state index in [4.69, 9.17) is 9.72 Å². The van der Waals surface area contributed by atoms with Crippen LogP contribution in [0, 0.1) is 0 Å². The Hall–Kier alpha value is -3.40. The SMILES string of the molecule is CCCCC(=O)N(C)c1cnc(Nc2ccc(C(=O)N3CCN(C)CC3)cc2OC)nc1N(CC)C1CCCC1. The van der Waals surface area contributed by atoms with Crippen molar-refractivity contribution in [3.8, 4) is 5.75 Å². The van der Waals surface area contributed by atoms with Gasteiger partial charge in [0.2, 0.25) is 11.9 Å². The van der Waals surface area contributed by atoms with Gasteiger partial charge in [0.15, 0.2) is 5.82 Å². The van der Waals surface area contributed by atoms with Crippen LogP contribution in [0.2, 0.25) is 0 Å². The van der Waals surface area contributed by atoms with Crippen LogP contribution in [0.5, 0.6) is 5.75 Å². The Morgan fingerprint density at radius 1 is 1.12 bits per heavy atom. The number of nitrogens with one attached hydrogen (secondary N) is 1. The molecule has 0 bridgehead atoms. The molecule has 2 aromatic rings. The molecule has 2 aliphatic rings. The predicted molar refractivity (Wildman–Crippen MR) is 160 cm³/mol. The summed E-state index contributed by atoms with van der Waals surface area (Å²) in [4.78, 5) is 43.7. The third-order valence-electron chi connectivity index (χ3n) is 8.09. The summed E-state index contributed by atoms with van der Waals surface area (Å²) in [7, 11) is 5.48. The molecule has 2 fully saturated rings. The second kappa shape index (κ2) is 13.8. The van der Waals surface area contributed by atoms with E-state index in [0.717, 1.165) is 56.8 Å². The Bertz CT molecular complexity index is 1160. The van der Waals surface area contributed by atoms with Crippen LogP contribution in [0.3, 0.4) is 0 Å². The number of hydrogen-bond donors (Lipinski definition) is 1. The second-order valence-corrected chi connectivity index (χ2v) is 10.8. The van der Waals surface area contributed by atoms with Crippen molar-refractivity contribution in [3.63, 3.8) is 0 Å². The number of unbranched alkanes of at least 4 members (excludes halogenated alkanes) is 1. The maximum atomic E-state index is 13.1. The fourth-order valence-corrected chi connectivity index (χ4v) is 5.54. The molecule has 1 aliphatic heterocycles. The standard InChI is InChI=1S/C30H45N7O3/c1-6-8-13-27(38)35(4)25-21-31-30(33-28(25)37(7-2)23-11-9-10-12-23)32-24-15-14-22(20-26(24)40-5)29(39)36-18-16-34(3)17-19-36/h14-15,20-21,23H,6-13,16-19H2,1-5H3,(H,31,32,33). The Morgan fingerprint density at radius 3 is 2.50 bits per heavy atom. The van der Waals surface area contributed by atoms with Crippen molar-refractivity contribution in [2.45, 2.75) is 64.8 Å². The molecule has 0 radical (unpaired) electrons. The Kier molecular flexibility index (Phi) is 10.2. The number of piperazine rings is 1. The van der Waals surface area contributed by atoms with E-state index in [1.54, 1.807) is 24.3 Å². The zero-order chi connectivity index (χ0) is 28.6. The van der Waals surface area contributed by atoms with Gasteiger partial charge in [-0.1, -0.05) is 26.2 Å². The van der Waals surface area contributed by atoms with Crippen LogP contribution < -0.4 is 19.9 Å². The summed E-state index contributed by atoms with van der Waals surface area (Å²) in [6.45, 7) is 8.17. The van der Waals surface area contributed by atoms with Crippen LogP contribution in [0.25, 0.3) is 0 Å². The van der Waals surface area contributed by atoms with E-state index in [-0.39, 0.29) is 11.8 Å². The van der Waals surface area contributed by atoms with Crippen LogP contribution in [-0.2, 0) is 4.79 Å². The highest BCUT2D eigenvalue weighted by Gasteiger charge is 2.28. The molecule has 40 heavy (non-hydrogen) atoms. The summed E-state index contributed by atoms with van der Waals surface area (Å²) in [6, 6.07) is 5.82. The van der Waals surface area contributed by atoms with Gasteiger partial charge in [0.25, 0.3) is 5.91 Å². The van der Waals surface area contributed by atoms with Crippen LogP contribution in [0.4, 0.5) is 23.1 Å². The lowest BCUT2D eigenvalue weighted by Gasteiger charge is -2.32. The number of likely N-dealkylation sites (N-methyl/N-ethyl adjacent to an activating group) is 1. The van der Waals surface area contributed by atoms with Crippen molar-refractivity contribution < 1.29 is 14.3 Å². The van der Waals surface area contributed by atoms with E-state index >= 15 is 0 Å². The van der Waals surface area contributed by atoms with E-state index in [9.17, 15) is 9.59 Å². The topological polar surface area (TPSA) is 94.1 Å². The molecule has 4 rings (SSSR count). The first-order chi connectivity index (χ1) is 19.4. The smallest absolute Gasteiger partial charge is 0.254 e. The lowest BCUT2D eigenvalue weighted by Crippen LogP contribution is -2.47. The molecule has 1 aliphatic carbocycles. The number of anilines is 4. The normalized spacial score (nSPS) is 16.2. The Labute approximate surface area is 238 Å². The van der Waals surface area contributed by atoms with Gasteiger partial charge in [0.05, 0.1) is 19.0 Å². The summed E-state index contributed by atoms with van der Waals surface area (Å²) >= 11 is 0. The lowest BCUT2D eigenvalue weighted by atomic mass is 10.1. The molecule has 1 aromatic heterocycles. The van der Waals surface area contributed by atoms with Gasteiger partial charge in [-0.2, -0.15) is 4.98 Å². The number of methoxy groups -OCH3 is 1. The Morgan fingerprint density at radius 2 is 1.85 bits per heavy atom. The monoisotopic (exact) mass is 551 g/mol. The van der Waals surface area contributed by atoms with Crippen molar-refractivity contribution >= 4 is 35.0 Å². The molecular formula is C30H45N7O3. The number of nitrogens with zero attached hydrogens (tertiary/aromatic N) is 6. The molecule has 0 spiro atoms. The van der Waals surface area contributed by atoms with Crippen molar-refractivity contribution in [1.82, 2.24) is 19.8 Å². The molecule has 1 N–H and O–H groups in total. The van der Waals surface area contributed by atoms with Crippen molar-refractivity contribution in [3.05, 3.63) is 30.0 Å². The van der Waals surface area contributed by atoms with Gasteiger partial charge in [-0.25, -0.2) is 4.98 Å². The molecule has 218 valence electrons. The summed E-state index contributed by atoms with van der Waals surface area (Å²) in [5, 5.41) is 3.31. The van der Waals surface area contributed by atoms with Crippen LogP contribution in [0.1, 0.15) is 69.2 Å². The first-order valence-corrected chi connectivity index (χ1v) is 14.7. The molecule has 0 unspecified atom stereocenters. The molecule has 1 aromatic carbocycles. The van der Waals surface area contributed by atoms with E-state index < -0.39 is 0 Å². The number of carbonyl (C=O) groups excluding carboxylic acids is 2. The van der Waals surface area contributed by atoms with Crippen molar-refractivity contribution in [2.75, 3.05) is 69.0 Å². The molecular weight excluding hydrogens is 506 g/mol. The molecule has 0 atom stereocenters. The number of amides is 2. The fourth-order valence-electron chi connectivity index (χ4n) is 5.54. The quantitative estimate of drug-likeness (QED) is 0.435. The minimum atomic E-state index is 0.00627. The summed E-state index contributed by atoms with van der Waals surface area (Å²) in [5.41, 5.74) is 1.99. The summed E-state index contributed by atoms with van der Waals surface area (Å²) in [6.07, 6.45) is 8.70. The molecule has 2 amide bonds. The van der Waals surface area contributed by atoms with Crippen LogP contribution >= 0.6 is 0 Å². The second-order valence-electron chi connectivity index (χ2n) is 10.8. The first kappa shape index (κ1) is 29.6. The molecule has 1 saturated carbocycles. The van der Waals surface area contributed by atoms with Crippen LogP contribution in [0.15, 0.2) is 24.4 Å². The van der Waals surface area contributed by atoms with Crippen molar-refractivity contribution in [2.24, 2.45) is 0 Å². The maximum Gasteiger partial charge on any atom is 0.254 e. The predicted octanol–water partition coefficient (Wildman–Crippen LogP) is 4.54. The van der Waals surface area contributed by atoms with E-state index in [0.29, 0.717) is 48.5 Å². The minimum absolute atomic E-state index is 0.00627. The number of aromatic nitrogens is 2. The largest absolute Gasteiger partial charge is 0.495 e. The first-order valence-electron chi connectivity index (χ1n) is 14.7. The molecule has 2 heterocycles. The number of benzene rings is 1. The van der Waals surface area contributed by atoms with Gasteiger partial charge >= 0.3 is 0 Å². The zero-order valence-electron chi connectivity index (χ0n) is 24.8. The summed E-state index contributed by atoms with van der Waals surface area (Å²) < 4.78 is 5.66. The van der Waals surface area contributed by atoms with E-state index in [1.807, 2.05) is 24.1 Å². The van der Waals surface area contributed by atoms with Crippen molar-refractivity contribution in [1.29, 1.82) is 0 Å². The number of ether oxygens (including phenoxy) is 1. The maximum absolute atomic E-state index is 13.1. The number of carbonyl (C=O) groups is 2. The highest BCUT2D eigenvalue weighted by Crippen LogP contribution is 2.35. The highest BCUT2D eigenvalue weighted by atomic mass is 16.5. The summed E-state index contributed by atoms with van der Waals surface area (Å²) in [5.74, 6) is 1.80. The molecule has 1 saturated heterocycles. The lowest BCUT2D eigenvalue weighted by molar-refractivity contribution is -0.118.